The molecule has 0 atom stereocenters. The Morgan fingerprint density at radius 3 is 2.31 bits per heavy atom. The Morgan fingerprint density at radius 1 is 1.20 bits per heavy atom. The minimum absolute atomic E-state index is 0.0188. The average Bonchev–Trinajstić information content (AvgIpc) is 2.70. The van der Waals surface area contributed by atoms with Gasteiger partial charge >= 0.3 is 6.18 Å². The molecule has 0 aromatic heterocycles. The van der Waals surface area contributed by atoms with Crippen molar-refractivity contribution < 1.29 is 40.7 Å². The quantitative estimate of drug-likeness (QED) is 0.444. The molecule has 196 valence electrons. The molecule has 1 saturated carbocycles. The zero-order chi connectivity index (χ0) is 25.9. The fraction of sp³-hybridized carbons (Fsp3) is 0.652. The number of amides is 2. The fourth-order valence-corrected chi connectivity index (χ4v) is 4.72. The van der Waals surface area contributed by atoms with Crippen LogP contribution in [0.15, 0.2) is 18.2 Å². The number of carbonyl (C=O) groups is 2. The summed E-state index contributed by atoms with van der Waals surface area (Å²) >= 11 is 0. The van der Waals surface area contributed by atoms with Gasteiger partial charge in [-0.05, 0) is 42.4 Å². The minimum atomic E-state index is -4.46. The Hall–Kier alpha value is -2.34. The van der Waals surface area contributed by atoms with Crippen LogP contribution < -0.4 is 10.6 Å². The summed E-state index contributed by atoms with van der Waals surface area (Å²) in [6.45, 7) is 3.02. The average molecular weight is 509 g/mol. The smallest absolute Gasteiger partial charge is 0.376 e. The van der Waals surface area contributed by atoms with E-state index in [4.69, 9.17) is 0 Å². The van der Waals surface area contributed by atoms with E-state index in [9.17, 15) is 35.9 Å². The maximum atomic E-state index is 13.0. The van der Waals surface area contributed by atoms with Crippen LogP contribution in [0.4, 0.5) is 32.0 Å². The molecule has 1 aliphatic carbocycles. The largest absolute Gasteiger partial charge is 0.416 e. The van der Waals surface area contributed by atoms with Crippen LogP contribution in [-0.4, -0.2) is 61.8 Å². The van der Waals surface area contributed by atoms with E-state index in [1.165, 1.54) is 25.7 Å². The number of rotatable bonds is 6. The van der Waals surface area contributed by atoms with Crippen molar-refractivity contribution in [2.75, 3.05) is 38.2 Å². The van der Waals surface area contributed by atoms with Gasteiger partial charge in [0.25, 0.3) is 6.43 Å². The molecule has 2 N–H and O–H groups in total. The normalized spacial score (nSPS) is 21.4. The molecule has 1 aromatic carbocycles. The van der Waals surface area contributed by atoms with Gasteiger partial charge < -0.3 is 15.4 Å². The predicted octanol–water partition coefficient (Wildman–Crippen LogP) is 4.28. The van der Waals surface area contributed by atoms with E-state index >= 15 is 0 Å². The highest BCUT2D eigenvalue weighted by Crippen LogP contribution is 2.45. The van der Waals surface area contributed by atoms with Crippen LogP contribution in [0, 0.1) is 17.2 Å². The molecule has 12 heteroatoms. The van der Waals surface area contributed by atoms with Gasteiger partial charge in [0.2, 0.25) is 12.3 Å². The van der Waals surface area contributed by atoms with Crippen molar-refractivity contribution in [1.29, 1.82) is 0 Å². The number of anilines is 1. The van der Waals surface area contributed by atoms with Crippen LogP contribution >= 0.6 is 0 Å². The number of hydrogen-bond acceptors (Lipinski definition) is 4. The van der Waals surface area contributed by atoms with Crippen LogP contribution in [-0.2, 0) is 14.3 Å². The molecular weight excluding hydrogens is 480 g/mol. The van der Waals surface area contributed by atoms with Crippen molar-refractivity contribution in [3.63, 3.8) is 0 Å². The third kappa shape index (κ3) is 6.66. The van der Waals surface area contributed by atoms with Crippen LogP contribution in [0.3, 0.4) is 0 Å². The lowest BCUT2D eigenvalue weighted by Crippen LogP contribution is -2.71. The van der Waals surface area contributed by atoms with Crippen molar-refractivity contribution in [3.8, 4) is 0 Å². The summed E-state index contributed by atoms with van der Waals surface area (Å²) in [4.78, 5) is 23.8. The number of nitrogens with zero attached hydrogens (tertiary/aromatic N) is 1. The van der Waals surface area contributed by atoms with Gasteiger partial charge in [-0.25, -0.2) is 13.2 Å². The second-order valence-electron chi connectivity index (χ2n) is 9.78. The first-order chi connectivity index (χ1) is 16.4. The van der Waals surface area contributed by atoms with Crippen molar-refractivity contribution in [2.24, 2.45) is 11.3 Å². The summed E-state index contributed by atoms with van der Waals surface area (Å²) in [5, 5.41) is 4.23. The van der Waals surface area contributed by atoms with Crippen molar-refractivity contribution in [3.05, 3.63) is 29.6 Å². The molecule has 0 radical (unpaired) electrons. The molecule has 0 unspecified atom stereocenters. The molecule has 35 heavy (non-hydrogen) atoms. The van der Waals surface area contributed by atoms with Gasteiger partial charge in [0.1, 0.15) is 5.82 Å². The fourth-order valence-electron chi connectivity index (χ4n) is 4.72. The molecule has 4 rings (SSSR count). The van der Waals surface area contributed by atoms with Gasteiger partial charge in [0.15, 0.2) is 5.54 Å². The van der Waals surface area contributed by atoms with Crippen LogP contribution in [0.25, 0.3) is 0 Å². The lowest BCUT2D eigenvalue weighted by Gasteiger charge is -2.53. The summed E-state index contributed by atoms with van der Waals surface area (Å²) in [5.41, 5.74) is -2.30. The minimum Gasteiger partial charge on any atom is -0.376 e. The number of likely N-dealkylation sites (tertiary alicyclic amines) is 1. The van der Waals surface area contributed by atoms with E-state index in [1.807, 2.05) is 4.90 Å². The van der Waals surface area contributed by atoms with E-state index in [0.29, 0.717) is 11.8 Å². The molecular formula is C23H29F6N3O3. The number of nitrogens with one attached hydrogen (secondary N) is 2. The topological polar surface area (TPSA) is 70.7 Å². The molecule has 1 aromatic rings. The number of hydrogen-bond donors (Lipinski definition) is 2. The lowest BCUT2D eigenvalue weighted by atomic mass is 9.66. The van der Waals surface area contributed by atoms with Crippen molar-refractivity contribution >= 4 is 18.0 Å². The Morgan fingerprint density at radius 2 is 1.83 bits per heavy atom. The Bertz CT molecular complexity index is 891. The summed E-state index contributed by atoms with van der Waals surface area (Å²) < 4.78 is 80.3. The molecule has 2 heterocycles. The van der Waals surface area contributed by atoms with Gasteiger partial charge in [-0.1, -0.05) is 19.8 Å². The van der Waals surface area contributed by atoms with Crippen LogP contribution in [0.2, 0.25) is 0 Å². The molecule has 2 aliphatic heterocycles. The number of alkyl halides is 5. The number of halogens is 6. The maximum Gasteiger partial charge on any atom is 0.416 e. The molecule has 3 fully saturated rings. The van der Waals surface area contributed by atoms with Gasteiger partial charge in [0, 0.05) is 24.3 Å². The third-order valence-electron chi connectivity index (χ3n) is 6.84. The van der Waals surface area contributed by atoms with Crippen molar-refractivity contribution in [2.45, 2.75) is 50.7 Å². The molecule has 2 amide bonds. The highest BCUT2D eigenvalue weighted by molar-refractivity contribution is 5.79. The zero-order valence-corrected chi connectivity index (χ0v) is 19.3. The maximum absolute atomic E-state index is 13.0. The lowest BCUT2D eigenvalue weighted by molar-refractivity contribution is -0.266. The van der Waals surface area contributed by atoms with E-state index < -0.39 is 48.6 Å². The summed E-state index contributed by atoms with van der Waals surface area (Å²) in [7, 11) is 0. The number of benzene rings is 1. The highest BCUT2D eigenvalue weighted by atomic mass is 19.4. The number of ether oxygens (including phenoxy) is 1. The van der Waals surface area contributed by atoms with Gasteiger partial charge in [-0.15, -0.1) is 0 Å². The first kappa shape index (κ1) is 27.3. The van der Waals surface area contributed by atoms with Crippen LogP contribution in [0.5, 0.6) is 0 Å². The number of carbonyl (C=O) groups excluding carboxylic acids is 2. The monoisotopic (exact) mass is 509 g/mol. The first-order valence-corrected chi connectivity index (χ1v) is 11.3. The van der Waals surface area contributed by atoms with Crippen LogP contribution in [0.1, 0.15) is 44.6 Å². The Balaban J connectivity index is 0.000000225. The SMILES string of the molecule is CC1CCC2(CC1)CN(CC(=O)NC1(C(F)(F)F)COC1)C2.O=CNc1cc(F)cc(C(F)F)c1. The zero-order valence-electron chi connectivity index (χ0n) is 19.3. The molecule has 2 saturated heterocycles. The molecule has 1 spiro atoms. The molecule has 6 nitrogen and oxygen atoms in total. The van der Waals surface area contributed by atoms with E-state index in [-0.39, 0.29) is 12.2 Å². The Kier molecular flexibility index (Phi) is 8.36. The van der Waals surface area contributed by atoms with Crippen molar-refractivity contribution in [1.82, 2.24) is 10.2 Å². The second kappa shape index (κ2) is 10.7. The van der Waals surface area contributed by atoms with E-state index in [1.54, 1.807) is 0 Å². The summed E-state index contributed by atoms with van der Waals surface area (Å²) in [6, 6.07) is 2.70. The second-order valence-corrected chi connectivity index (χ2v) is 9.78. The molecule has 3 aliphatic rings. The summed E-state index contributed by atoms with van der Waals surface area (Å²) in [6.07, 6.45) is -2.13. The first-order valence-electron chi connectivity index (χ1n) is 11.3. The highest BCUT2D eigenvalue weighted by Gasteiger charge is 2.61. The van der Waals surface area contributed by atoms with E-state index in [2.05, 4.69) is 22.3 Å². The van der Waals surface area contributed by atoms with Gasteiger partial charge in [0.05, 0.1) is 19.8 Å². The predicted molar refractivity (Wildman–Crippen MR) is 115 cm³/mol. The standard InChI is InChI=1S/C15H23F3N2O2.C8H6F3NO/c1-11-2-4-13(5-3-11)7-20(8-13)6-12(21)19-14(9-22-10-14)15(16,17)18;9-6-1-5(8(10)11)2-7(3-6)12-4-13/h11H,2-10H2,1H3,(H,19,21);1-4,8H,(H,12,13). The summed E-state index contributed by atoms with van der Waals surface area (Å²) in [5.74, 6) is -0.588. The third-order valence-corrected chi connectivity index (χ3v) is 6.84. The van der Waals surface area contributed by atoms with Gasteiger partial charge in [-0.3, -0.25) is 14.5 Å². The van der Waals surface area contributed by atoms with E-state index in [0.717, 1.165) is 37.2 Å². The molecule has 0 bridgehead atoms. The van der Waals surface area contributed by atoms with Gasteiger partial charge in [-0.2, -0.15) is 13.2 Å². The Labute approximate surface area is 199 Å².